The Balaban J connectivity index is 0.000000148. The number of rotatable bonds is 2. The minimum absolute atomic E-state index is 0.142. The Labute approximate surface area is 152 Å². The molecule has 6 heteroatoms. The summed E-state index contributed by atoms with van der Waals surface area (Å²) in [6.07, 6.45) is 10.6. The van der Waals surface area contributed by atoms with E-state index < -0.39 is 0 Å². The van der Waals surface area contributed by atoms with E-state index in [1.54, 1.807) is 4.90 Å². The number of carbonyl (C=O) groups excluding carboxylic acids is 2. The highest BCUT2D eigenvalue weighted by Crippen LogP contribution is 2.13. The first-order valence-corrected chi connectivity index (χ1v) is 10.2. The second-order valence-corrected chi connectivity index (χ2v) is 7.53. The van der Waals surface area contributed by atoms with Crippen molar-refractivity contribution in [2.45, 2.75) is 70.4 Å². The van der Waals surface area contributed by atoms with E-state index in [9.17, 15) is 9.59 Å². The number of likely N-dealkylation sites (tertiary alicyclic amines) is 2. The third-order valence-corrected chi connectivity index (χ3v) is 5.37. The first-order chi connectivity index (χ1) is 12.2. The van der Waals surface area contributed by atoms with Crippen LogP contribution in [0.4, 0.5) is 0 Å². The fourth-order valence-electron chi connectivity index (χ4n) is 3.76. The molecule has 0 aromatic carbocycles. The average molecular weight is 353 g/mol. The third-order valence-electron chi connectivity index (χ3n) is 5.37. The predicted octanol–water partition coefficient (Wildman–Crippen LogP) is 1.36. The summed E-state index contributed by atoms with van der Waals surface area (Å²) in [4.78, 5) is 25.5. The van der Waals surface area contributed by atoms with Gasteiger partial charge < -0.3 is 20.4 Å². The maximum atomic E-state index is 11.7. The third kappa shape index (κ3) is 7.32. The highest BCUT2D eigenvalue weighted by atomic mass is 16.2. The number of hydrogen-bond donors (Lipinski definition) is 2. The molecule has 0 aromatic heterocycles. The fraction of sp³-hybridized carbons (Fsp3) is 0.895. The fourth-order valence-corrected chi connectivity index (χ4v) is 3.76. The highest BCUT2D eigenvalue weighted by molar-refractivity contribution is 5.82. The van der Waals surface area contributed by atoms with Gasteiger partial charge in [-0.3, -0.25) is 9.59 Å². The second kappa shape index (κ2) is 11.5. The van der Waals surface area contributed by atoms with Crippen LogP contribution in [0.5, 0.6) is 0 Å². The van der Waals surface area contributed by atoms with Crippen LogP contribution in [0.3, 0.4) is 0 Å². The van der Waals surface area contributed by atoms with E-state index >= 15 is 0 Å². The maximum Gasteiger partial charge on any atom is 0.239 e. The summed E-state index contributed by atoms with van der Waals surface area (Å²) in [6, 6.07) is 0.938. The van der Waals surface area contributed by atoms with Crippen molar-refractivity contribution in [1.82, 2.24) is 20.4 Å². The van der Waals surface area contributed by atoms with Crippen molar-refractivity contribution < 1.29 is 9.59 Å². The first kappa shape index (κ1) is 20.2. The zero-order valence-electron chi connectivity index (χ0n) is 15.8. The zero-order chi connectivity index (χ0) is 17.9. The number of nitrogens with one attached hydrogen (secondary N) is 2. The van der Waals surface area contributed by atoms with Crippen LogP contribution < -0.4 is 10.6 Å². The van der Waals surface area contributed by atoms with E-state index in [-0.39, 0.29) is 6.04 Å². The number of hydrogen-bond acceptors (Lipinski definition) is 4. The van der Waals surface area contributed by atoms with Crippen molar-refractivity contribution in [3.63, 3.8) is 0 Å². The Hall–Kier alpha value is -1.14. The molecule has 4 heterocycles. The number of nitrogens with zero attached hydrogens (tertiary/aromatic N) is 2. The molecule has 0 aliphatic carbocycles. The molecule has 4 fully saturated rings. The van der Waals surface area contributed by atoms with Crippen molar-refractivity contribution in [3.05, 3.63) is 0 Å². The van der Waals surface area contributed by atoms with Gasteiger partial charge in [0.2, 0.25) is 12.3 Å². The lowest BCUT2D eigenvalue weighted by atomic mass is 10.2. The van der Waals surface area contributed by atoms with Gasteiger partial charge >= 0.3 is 0 Å². The molecule has 144 valence electrons. The van der Waals surface area contributed by atoms with Crippen molar-refractivity contribution in [2.24, 2.45) is 0 Å². The number of amides is 2. The molecule has 4 rings (SSSR count). The van der Waals surface area contributed by atoms with Crippen LogP contribution in [-0.2, 0) is 9.59 Å². The molecule has 0 spiro atoms. The predicted molar refractivity (Wildman–Crippen MR) is 100 cm³/mol. The molecule has 6 nitrogen and oxygen atoms in total. The molecule has 0 bridgehead atoms. The minimum atomic E-state index is 0.142. The van der Waals surface area contributed by atoms with Gasteiger partial charge in [-0.2, -0.15) is 0 Å². The quantitative estimate of drug-likeness (QED) is 0.737. The van der Waals surface area contributed by atoms with Crippen LogP contribution in [0.1, 0.15) is 58.3 Å². The second-order valence-electron chi connectivity index (χ2n) is 7.53. The Kier molecular flexibility index (Phi) is 9.26. The monoisotopic (exact) mass is 352 g/mol. The minimum Gasteiger partial charge on any atom is -0.345 e. The lowest BCUT2D eigenvalue weighted by molar-refractivity contribution is -0.132. The Bertz CT molecular complexity index is 363. The average Bonchev–Trinajstić information content (AvgIpc) is 3.44. The van der Waals surface area contributed by atoms with Crippen LogP contribution in [0, 0.1) is 0 Å². The molecule has 2 amide bonds. The van der Waals surface area contributed by atoms with Crippen molar-refractivity contribution in [2.75, 3.05) is 39.3 Å². The largest absolute Gasteiger partial charge is 0.345 e. The summed E-state index contributed by atoms with van der Waals surface area (Å²) in [5.41, 5.74) is 0. The zero-order valence-corrected chi connectivity index (χ0v) is 15.8. The van der Waals surface area contributed by atoms with Gasteiger partial charge in [0.15, 0.2) is 0 Å². The van der Waals surface area contributed by atoms with E-state index in [2.05, 4.69) is 17.6 Å². The molecule has 4 saturated heterocycles. The van der Waals surface area contributed by atoms with Gasteiger partial charge in [0.05, 0.1) is 6.04 Å². The van der Waals surface area contributed by atoms with Crippen LogP contribution in [-0.4, -0.2) is 73.5 Å². The van der Waals surface area contributed by atoms with Crippen LogP contribution in [0.2, 0.25) is 0 Å². The van der Waals surface area contributed by atoms with Gasteiger partial charge in [0, 0.05) is 32.2 Å². The molecule has 2 N–H and O–H groups in total. The maximum absolute atomic E-state index is 11.7. The van der Waals surface area contributed by atoms with Crippen LogP contribution in [0.15, 0.2) is 0 Å². The molecule has 0 saturated carbocycles. The molecular weight excluding hydrogens is 316 g/mol. The first-order valence-electron chi connectivity index (χ1n) is 10.2. The van der Waals surface area contributed by atoms with Crippen LogP contribution in [0.25, 0.3) is 0 Å². The van der Waals surface area contributed by atoms with Gasteiger partial charge in [-0.25, -0.2) is 0 Å². The normalized spacial score (nSPS) is 28.2. The van der Waals surface area contributed by atoms with Crippen molar-refractivity contribution in [1.29, 1.82) is 0 Å². The molecule has 4 aliphatic rings. The van der Waals surface area contributed by atoms with Crippen molar-refractivity contribution in [3.8, 4) is 0 Å². The molecule has 0 radical (unpaired) electrons. The summed E-state index contributed by atoms with van der Waals surface area (Å²) in [7, 11) is 0. The van der Waals surface area contributed by atoms with E-state index in [0.717, 1.165) is 58.0 Å². The smallest absolute Gasteiger partial charge is 0.239 e. The lowest BCUT2D eigenvalue weighted by Gasteiger charge is -2.19. The standard InChI is InChI=1S/C9H16N2O.C5H9NO.C5H11N/c12-9(8-4-3-5-10-8)11-6-1-2-7-11;7-5-6-3-1-2-4-6;1-5-3-2-4-6-5/h8,10H,1-7H2;5H,1-4H2;5-6H,2-4H2,1H3/t8-;;5-/m1.1/s1. The Morgan fingerprint density at radius 2 is 1.48 bits per heavy atom. The lowest BCUT2D eigenvalue weighted by Crippen LogP contribution is -2.42. The molecule has 2 atom stereocenters. The summed E-state index contributed by atoms with van der Waals surface area (Å²) in [5, 5.41) is 6.56. The van der Waals surface area contributed by atoms with E-state index in [4.69, 9.17) is 0 Å². The molecular formula is C19H36N4O2. The molecule has 0 unspecified atom stereocenters. The topological polar surface area (TPSA) is 64.7 Å². The summed E-state index contributed by atoms with van der Waals surface area (Å²) < 4.78 is 0. The Morgan fingerprint density at radius 1 is 0.880 bits per heavy atom. The van der Waals surface area contributed by atoms with Crippen molar-refractivity contribution >= 4 is 12.3 Å². The number of carbonyl (C=O) groups is 2. The van der Waals surface area contributed by atoms with Gasteiger partial charge in [-0.15, -0.1) is 0 Å². The van der Waals surface area contributed by atoms with Gasteiger partial charge in [0.1, 0.15) is 0 Å². The summed E-state index contributed by atoms with van der Waals surface area (Å²) in [6.45, 7) is 8.40. The van der Waals surface area contributed by atoms with E-state index in [1.165, 1.54) is 45.1 Å². The van der Waals surface area contributed by atoms with Gasteiger partial charge in [-0.05, 0) is 71.4 Å². The van der Waals surface area contributed by atoms with E-state index in [1.807, 2.05) is 4.90 Å². The molecule has 0 aromatic rings. The van der Waals surface area contributed by atoms with E-state index in [0.29, 0.717) is 5.91 Å². The van der Waals surface area contributed by atoms with Gasteiger partial charge in [-0.1, -0.05) is 0 Å². The Morgan fingerprint density at radius 3 is 1.88 bits per heavy atom. The molecule has 4 aliphatic heterocycles. The van der Waals surface area contributed by atoms with Crippen LogP contribution >= 0.6 is 0 Å². The SMILES string of the molecule is C[C@@H]1CCCN1.O=C([C@H]1CCCN1)N1CCCC1.O=CN1CCCC1. The summed E-state index contributed by atoms with van der Waals surface area (Å²) >= 11 is 0. The molecule has 25 heavy (non-hydrogen) atoms. The summed E-state index contributed by atoms with van der Waals surface area (Å²) in [5.74, 6) is 0.338. The van der Waals surface area contributed by atoms with Gasteiger partial charge in [0.25, 0.3) is 0 Å². The highest BCUT2D eigenvalue weighted by Gasteiger charge is 2.27.